The van der Waals surface area contributed by atoms with Crippen LogP contribution < -0.4 is 21.1 Å². The number of methoxy groups -OCH3 is 1. The van der Waals surface area contributed by atoms with Crippen molar-refractivity contribution in [3.05, 3.63) is 77.6 Å². The molecule has 1 heterocycles. The fourth-order valence-corrected chi connectivity index (χ4v) is 4.08. The molecule has 0 aliphatic carbocycles. The number of benzene rings is 3. The molecule has 8 nitrogen and oxygen atoms in total. The Morgan fingerprint density at radius 1 is 1.05 bits per heavy atom. The number of anilines is 4. The summed E-state index contributed by atoms with van der Waals surface area (Å²) in [5.41, 5.74) is 8.24. The molecule has 1 atom stereocenters. The number of nitrogens with one attached hydrogen (secondary N) is 2. The molecule has 0 radical (unpaired) electrons. The van der Waals surface area contributed by atoms with Crippen molar-refractivity contribution in [2.24, 2.45) is 0 Å². The molecule has 4 aromatic rings. The summed E-state index contributed by atoms with van der Waals surface area (Å²) in [5, 5.41) is 7.19. The van der Waals surface area contributed by atoms with Crippen molar-refractivity contribution in [3.63, 3.8) is 0 Å². The van der Waals surface area contributed by atoms with Crippen molar-refractivity contribution in [2.45, 2.75) is 25.6 Å². The first kappa shape index (κ1) is 27.5. The zero-order valence-corrected chi connectivity index (χ0v) is 21.9. The third kappa shape index (κ3) is 6.49. The number of nitrogens with two attached hydrogens (primary N) is 1. The van der Waals surface area contributed by atoms with Crippen molar-refractivity contribution in [2.75, 3.05) is 37.6 Å². The van der Waals surface area contributed by atoms with E-state index in [4.69, 9.17) is 10.5 Å². The molecule has 0 saturated heterocycles. The predicted molar refractivity (Wildman–Crippen MR) is 146 cm³/mol. The standard InChI is InChI=1S/C28H29F3N6O2/c1-16(18-9-19(28(29,30)31)12-20(32)10-18)35-27-23-13-21(7-8-24(23)33-15-34-27)36-22-6-5-17(25(14-22)39-4)11-26(38)37(2)3/h5-10,12-16,36H,11,32H2,1-4H3,(H,33,34,35)/t16-/m1/s1. The Balaban J connectivity index is 1.60. The van der Waals surface area contributed by atoms with E-state index in [0.717, 1.165) is 29.1 Å². The monoisotopic (exact) mass is 538 g/mol. The quantitative estimate of drug-likeness (QED) is 0.244. The number of hydrogen-bond donors (Lipinski definition) is 3. The van der Waals surface area contributed by atoms with Crippen LogP contribution in [-0.2, 0) is 17.4 Å². The smallest absolute Gasteiger partial charge is 0.416 e. The summed E-state index contributed by atoms with van der Waals surface area (Å²) in [5.74, 6) is 1.00. The first-order valence-electron chi connectivity index (χ1n) is 12.1. The minimum atomic E-state index is -4.51. The molecule has 0 fully saturated rings. The van der Waals surface area contributed by atoms with E-state index in [1.54, 1.807) is 28.1 Å². The molecular formula is C28H29F3N6O2. The van der Waals surface area contributed by atoms with Crippen molar-refractivity contribution in [1.29, 1.82) is 0 Å². The SMILES string of the molecule is COc1cc(Nc2ccc3ncnc(N[C@H](C)c4cc(N)cc(C(F)(F)F)c4)c3c2)ccc1CC(=O)N(C)C. The van der Waals surface area contributed by atoms with Crippen LogP contribution in [0, 0.1) is 0 Å². The summed E-state index contributed by atoms with van der Waals surface area (Å²) in [7, 11) is 4.95. The number of nitrogens with zero attached hydrogens (tertiary/aromatic N) is 3. The maximum absolute atomic E-state index is 13.3. The molecule has 39 heavy (non-hydrogen) atoms. The maximum Gasteiger partial charge on any atom is 0.416 e. The largest absolute Gasteiger partial charge is 0.496 e. The number of rotatable bonds is 8. The third-order valence-electron chi connectivity index (χ3n) is 6.21. The topological polar surface area (TPSA) is 105 Å². The predicted octanol–water partition coefficient (Wildman–Crippen LogP) is 5.79. The van der Waals surface area contributed by atoms with Gasteiger partial charge in [0.2, 0.25) is 5.91 Å². The van der Waals surface area contributed by atoms with Gasteiger partial charge in [0.1, 0.15) is 17.9 Å². The van der Waals surface area contributed by atoms with E-state index in [0.29, 0.717) is 28.0 Å². The van der Waals surface area contributed by atoms with Crippen LogP contribution in [0.25, 0.3) is 10.9 Å². The average Bonchev–Trinajstić information content (AvgIpc) is 2.88. The molecule has 0 spiro atoms. The number of ether oxygens (including phenoxy) is 1. The van der Waals surface area contributed by atoms with Crippen LogP contribution in [-0.4, -0.2) is 42.0 Å². The van der Waals surface area contributed by atoms with Gasteiger partial charge in [-0.05, 0) is 55.0 Å². The highest BCUT2D eigenvalue weighted by Crippen LogP contribution is 2.34. The fourth-order valence-electron chi connectivity index (χ4n) is 4.08. The van der Waals surface area contributed by atoms with Gasteiger partial charge in [-0.3, -0.25) is 4.79 Å². The zero-order valence-electron chi connectivity index (χ0n) is 21.9. The van der Waals surface area contributed by atoms with Gasteiger partial charge in [-0.1, -0.05) is 6.07 Å². The van der Waals surface area contributed by atoms with Crippen molar-refractivity contribution in [1.82, 2.24) is 14.9 Å². The summed E-state index contributed by atoms with van der Waals surface area (Å²) >= 11 is 0. The van der Waals surface area contributed by atoms with E-state index < -0.39 is 17.8 Å². The number of carbonyl (C=O) groups excluding carboxylic acids is 1. The molecular weight excluding hydrogens is 509 g/mol. The zero-order chi connectivity index (χ0) is 28.3. The highest BCUT2D eigenvalue weighted by molar-refractivity contribution is 5.92. The number of aromatic nitrogens is 2. The molecule has 0 bridgehead atoms. The maximum atomic E-state index is 13.3. The molecule has 4 N–H and O–H groups in total. The van der Waals surface area contributed by atoms with Gasteiger partial charge >= 0.3 is 6.18 Å². The van der Waals surface area contributed by atoms with Gasteiger partial charge in [-0.25, -0.2) is 9.97 Å². The first-order chi connectivity index (χ1) is 18.4. The fraction of sp³-hybridized carbons (Fsp3) is 0.250. The highest BCUT2D eigenvalue weighted by atomic mass is 19.4. The molecule has 4 rings (SSSR count). The second-order valence-electron chi connectivity index (χ2n) is 9.32. The lowest BCUT2D eigenvalue weighted by Gasteiger charge is -2.19. The number of alkyl halides is 3. The molecule has 1 amide bonds. The number of hydrogen-bond acceptors (Lipinski definition) is 7. The van der Waals surface area contributed by atoms with E-state index in [2.05, 4.69) is 20.6 Å². The molecule has 204 valence electrons. The molecule has 11 heteroatoms. The molecule has 3 aromatic carbocycles. The van der Waals surface area contributed by atoms with Gasteiger partial charge in [0.05, 0.1) is 30.7 Å². The minimum absolute atomic E-state index is 0.0278. The Kier molecular flexibility index (Phi) is 7.80. The molecule has 0 aliphatic rings. The van der Waals surface area contributed by atoms with Gasteiger partial charge < -0.3 is 26.0 Å². The number of nitrogen functional groups attached to an aromatic ring is 1. The van der Waals surface area contributed by atoms with Crippen LogP contribution in [0.2, 0.25) is 0 Å². The number of fused-ring (bicyclic) bond motifs is 1. The van der Waals surface area contributed by atoms with Crippen molar-refractivity contribution >= 4 is 39.7 Å². The van der Waals surface area contributed by atoms with Crippen molar-refractivity contribution in [3.8, 4) is 5.75 Å². The molecule has 0 aliphatic heterocycles. The second-order valence-corrected chi connectivity index (χ2v) is 9.32. The summed E-state index contributed by atoms with van der Waals surface area (Å²) in [4.78, 5) is 22.3. The average molecular weight is 539 g/mol. The van der Waals surface area contributed by atoms with Crippen LogP contribution in [0.4, 0.5) is 36.1 Å². The number of carbonyl (C=O) groups is 1. The van der Waals surface area contributed by atoms with Gasteiger partial charge in [0.15, 0.2) is 0 Å². The highest BCUT2D eigenvalue weighted by Gasteiger charge is 2.31. The van der Waals surface area contributed by atoms with Crippen LogP contribution >= 0.6 is 0 Å². The Labute approximate surface area is 224 Å². The number of halogens is 3. The molecule has 0 saturated carbocycles. The summed E-state index contributed by atoms with van der Waals surface area (Å²) < 4.78 is 45.4. The Morgan fingerprint density at radius 2 is 1.77 bits per heavy atom. The van der Waals surface area contributed by atoms with Crippen LogP contribution in [0.5, 0.6) is 5.75 Å². The van der Waals surface area contributed by atoms with Gasteiger partial charge in [-0.2, -0.15) is 13.2 Å². The normalized spacial score (nSPS) is 12.2. The Bertz CT molecular complexity index is 1510. The number of likely N-dealkylation sites (N-methyl/N-ethyl adjacent to an activating group) is 1. The first-order valence-corrected chi connectivity index (χ1v) is 12.1. The van der Waals surface area contributed by atoms with E-state index >= 15 is 0 Å². The van der Waals surface area contributed by atoms with E-state index in [-0.39, 0.29) is 18.0 Å². The van der Waals surface area contributed by atoms with Gasteiger partial charge in [-0.15, -0.1) is 0 Å². The number of amides is 1. The van der Waals surface area contributed by atoms with Crippen LogP contribution in [0.15, 0.2) is 60.9 Å². The molecule has 0 unspecified atom stereocenters. The summed E-state index contributed by atoms with van der Waals surface area (Å²) in [6.45, 7) is 1.74. The minimum Gasteiger partial charge on any atom is -0.496 e. The lowest BCUT2D eigenvalue weighted by Crippen LogP contribution is -2.23. The second kappa shape index (κ2) is 11.1. The van der Waals surface area contributed by atoms with E-state index in [1.165, 1.54) is 17.3 Å². The van der Waals surface area contributed by atoms with E-state index in [1.807, 2.05) is 36.4 Å². The lowest BCUT2D eigenvalue weighted by molar-refractivity contribution is -0.137. The van der Waals surface area contributed by atoms with Crippen LogP contribution in [0.3, 0.4) is 0 Å². The Morgan fingerprint density at radius 3 is 2.46 bits per heavy atom. The van der Waals surface area contributed by atoms with Gasteiger partial charge in [0.25, 0.3) is 0 Å². The summed E-state index contributed by atoms with van der Waals surface area (Å²) in [6, 6.07) is 14.0. The van der Waals surface area contributed by atoms with Crippen LogP contribution in [0.1, 0.15) is 29.7 Å². The third-order valence-corrected chi connectivity index (χ3v) is 6.21. The Hall–Kier alpha value is -4.54. The van der Waals surface area contributed by atoms with E-state index in [9.17, 15) is 18.0 Å². The lowest BCUT2D eigenvalue weighted by atomic mass is 10.0. The van der Waals surface area contributed by atoms with Gasteiger partial charge in [0, 0.05) is 48.2 Å². The molecule has 1 aromatic heterocycles. The van der Waals surface area contributed by atoms with Crippen molar-refractivity contribution < 1.29 is 22.7 Å². The summed E-state index contributed by atoms with van der Waals surface area (Å²) in [6.07, 6.45) is -2.90.